The van der Waals surface area contributed by atoms with Gasteiger partial charge in [-0.3, -0.25) is 0 Å². The maximum Gasteiger partial charge on any atom is 0.287 e. The Balaban J connectivity index is 2.62. The first-order chi connectivity index (χ1) is 7.40. The second kappa shape index (κ2) is 3.48. The first-order valence-corrected chi connectivity index (χ1v) is 6.24. The summed E-state index contributed by atoms with van der Waals surface area (Å²) in [6, 6.07) is 5.23. The summed E-state index contributed by atoms with van der Waals surface area (Å²) in [6.07, 6.45) is 0. The van der Waals surface area contributed by atoms with E-state index in [2.05, 4.69) is 9.71 Å². The molecule has 0 bridgehead atoms. The Hall–Kier alpha value is -1.56. The molecule has 2 rings (SSSR count). The number of nitrogens with zero attached hydrogens (tertiary/aromatic N) is 2. The molecule has 0 radical (unpaired) electrons. The summed E-state index contributed by atoms with van der Waals surface area (Å²) >= 11 is 0. The van der Waals surface area contributed by atoms with Gasteiger partial charge in [0.2, 0.25) is 5.96 Å². The van der Waals surface area contributed by atoms with Crippen molar-refractivity contribution in [3.05, 3.63) is 23.8 Å². The molecule has 0 saturated heterocycles. The minimum Gasteiger partial charge on any atom is -0.348 e. The predicted molar refractivity (Wildman–Crippen MR) is 63.1 cm³/mol. The second-order valence-electron chi connectivity index (χ2n) is 3.91. The van der Waals surface area contributed by atoms with Gasteiger partial charge < -0.3 is 10.2 Å². The maximum atomic E-state index is 11.9. The van der Waals surface area contributed by atoms with Crippen molar-refractivity contribution in [2.75, 3.05) is 19.4 Å². The number of nitrogens with one attached hydrogen (secondary N) is 1. The Labute approximate surface area is 94.9 Å². The highest BCUT2D eigenvalue weighted by Gasteiger charge is 2.25. The normalized spacial score (nSPS) is 17.1. The van der Waals surface area contributed by atoms with Crippen molar-refractivity contribution in [3.63, 3.8) is 0 Å². The summed E-state index contributed by atoms with van der Waals surface area (Å²) in [5.41, 5.74) is 1.47. The Morgan fingerprint density at radius 1 is 1.31 bits per heavy atom. The van der Waals surface area contributed by atoms with E-state index < -0.39 is 10.0 Å². The van der Waals surface area contributed by atoms with Crippen molar-refractivity contribution in [1.82, 2.24) is 4.90 Å². The molecule has 6 heteroatoms. The summed E-state index contributed by atoms with van der Waals surface area (Å²) in [5.74, 6) is 0.330. The molecule has 0 aliphatic carbocycles. The number of rotatable bonds is 0. The number of benzene rings is 1. The number of guanidine groups is 1. The summed E-state index contributed by atoms with van der Waals surface area (Å²) in [5, 5.41) is 2.98. The molecule has 0 atom stereocenters. The summed E-state index contributed by atoms with van der Waals surface area (Å²) < 4.78 is 27.5. The zero-order valence-corrected chi connectivity index (χ0v) is 10.2. The third kappa shape index (κ3) is 1.76. The lowest BCUT2D eigenvalue weighted by Crippen LogP contribution is -2.33. The highest BCUT2D eigenvalue weighted by atomic mass is 32.2. The number of hydrogen-bond donors (Lipinski definition) is 1. The average Bonchev–Trinajstić information content (AvgIpc) is 2.18. The van der Waals surface area contributed by atoms with Crippen LogP contribution in [-0.2, 0) is 10.0 Å². The molecule has 16 heavy (non-hydrogen) atoms. The van der Waals surface area contributed by atoms with E-state index in [0.717, 1.165) is 5.56 Å². The van der Waals surface area contributed by atoms with Crippen molar-refractivity contribution < 1.29 is 8.42 Å². The summed E-state index contributed by atoms with van der Waals surface area (Å²) in [6.45, 7) is 1.85. The van der Waals surface area contributed by atoms with E-state index in [1.165, 1.54) is 0 Å². The SMILES string of the molecule is Cc1ccc2c(c1)S(=O)(=O)N=C(N(C)C)N2. The highest BCUT2D eigenvalue weighted by Crippen LogP contribution is 2.28. The molecule has 86 valence electrons. The van der Waals surface area contributed by atoms with Gasteiger partial charge in [0, 0.05) is 14.1 Å². The van der Waals surface area contributed by atoms with Crippen LogP contribution in [0, 0.1) is 6.92 Å². The Kier molecular flexibility index (Phi) is 2.38. The zero-order valence-electron chi connectivity index (χ0n) is 9.35. The highest BCUT2D eigenvalue weighted by molar-refractivity contribution is 7.90. The Morgan fingerprint density at radius 2 is 2.00 bits per heavy atom. The molecule has 0 unspecified atom stereocenters. The molecular weight excluding hydrogens is 226 g/mol. The van der Waals surface area contributed by atoms with Crippen LogP contribution in [-0.4, -0.2) is 33.4 Å². The van der Waals surface area contributed by atoms with Gasteiger partial charge >= 0.3 is 0 Å². The van der Waals surface area contributed by atoms with E-state index in [4.69, 9.17) is 0 Å². The molecule has 1 aliphatic heterocycles. The number of anilines is 1. The molecule has 1 aromatic rings. The molecular formula is C10H13N3O2S. The molecule has 1 N–H and O–H groups in total. The fourth-order valence-electron chi connectivity index (χ4n) is 1.45. The lowest BCUT2D eigenvalue weighted by molar-refractivity contribution is 0.588. The van der Waals surface area contributed by atoms with Crippen molar-refractivity contribution in [3.8, 4) is 0 Å². The molecule has 0 amide bonds. The molecule has 1 aromatic carbocycles. The first-order valence-electron chi connectivity index (χ1n) is 4.80. The van der Waals surface area contributed by atoms with Gasteiger partial charge in [-0.05, 0) is 24.6 Å². The van der Waals surface area contributed by atoms with Crippen LogP contribution in [0.3, 0.4) is 0 Å². The quantitative estimate of drug-likeness (QED) is 0.734. The van der Waals surface area contributed by atoms with Crippen LogP contribution < -0.4 is 5.32 Å². The van der Waals surface area contributed by atoms with Gasteiger partial charge in [0.1, 0.15) is 4.90 Å². The van der Waals surface area contributed by atoms with Gasteiger partial charge in [-0.2, -0.15) is 8.42 Å². The smallest absolute Gasteiger partial charge is 0.287 e. The lowest BCUT2D eigenvalue weighted by Gasteiger charge is -2.22. The van der Waals surface area contributed by atoms with E-state index in [1.54, 1.807) is 31.1 Å². The van der Waals surface area contributed by atoms with Crippen LogP contribution in [0.5, 0.6) is 0 Å². The van der Waals surface area contributed by atoms with Gasteiger partial charge in [-0.1, -0.05) is 6.07 Å². The van der Waals surface area contributed by atoms with Crippen molar-refractivity contribution in [2.45, 2.75) is 11.8 Å². The van der Waals surface area contributed by atoms with Gasteiger partial charge in [-0.25, -0.2) is 0 Å². The molecule has 5 nitrogen and oxygen atoms in total. The molecule has 0 spiro atoms. The molecule has 1 aliphatic rings. The number of hydrogen-bond acceptors (Lipinski definition) is 4. The number of sulfonamides is 1. The number of fused-ring (bicyclic) bond motifs is 1. The fraction of sp³-hybridized carbons (Fsp3) is 0.300. The van der Waals surface area contributed by atoms with Crippen LogP contribution in [0.4, 0.5) is 5.69 Å². The Bertz CT molecular complexity index is 561. The van der Waals surface area contributed by atoms with E-state index in [-0.39, 0.29) is 4.90 Å². The van der Waals surface area contributed by atoms with Crippen LogP contribution in [0.1, 0.15) is 5.56 Å². The monoisotopic (exact) mass is 239 g/mol. The maximum absolute atomic E-state index is 11.9. The number of aryl methyl sites for hydroxylation is 1. The molecule has 0 saturated carbocycles. The summed E-state index contributed by atoms with van der Waals surface area (Å²) in [4.78, 5) is 1.86. The van der Waals surface area contributed by atoms with Gasteiger partial charge in [0.15, 0.2) is 0 Å². The van der Waals surface area contributed by atoms with Crippen LogP contribution in [0.15, 0.2) is 27.5 Å². The van der Waals surface area contributed by atoms with Gasteiger partial charge in [0.25, 0.3) is 10.0 Å². The second-order valence-corrected chi connectivity index (χ2v) is 5.48. The minimum absolute atomic E-state index is 0.234. The molecule has 1 heterocycles. The summed E-state index contributed by atoms with van der Waals surface area (Å²) in [7, 11) is -0.102. The van der Waals surface area contributed by atoms with Gasteiger partial charge in [0.05, 0.1) is 5.69 Å². The third-order valence-corrected chi connectivity index (χ3v) is 3.60. The zero-order chi connectivity index (χ0) is 11.9. The van der Waals surface area contributed by atoms with Crippen LogP contribution in [0.2, 0.25) is 0 Å². The fourth-order valence-corrected chi connectivity index (χ4v) is 2.71. The topological polar surface area (TPSA) is 61.8 Å². The molecule has 0 aromatic heterocycles. The van der Waals surface area contributed by atoms with E-state index in [0.29, 0.717) is 11.6 Å². The van der Waals surface area contributed by atoms with Crippen molar-refractivity contribution in [2.24, 2.45) is 4.40 Å². The van der Waals surface area contributed by atoms with E-state index >= 15 is 0 Å². The van der Waals surface area contributed by atoms with Crippen LogP contribution >= 0.6 is 0 Å². The Morgan fingerprint density at radius 3 is 2.62 bits per heavy atom. The third-order valence-electron chi connectivity index (χ3n) is 2.29. The largest absolute Gasteiger partial charge is 0.348 e. The van der Waals surface area contributed by atoms with E-state index in [1.807, 2.05) is 13.0 Å². The molecule has 0 fully saturated rings. The van der Waals surface area contributed by atoms with Crippen LogP contribution in [0.25, 0.3) is 0 Å². The first kappa shape index (κ1) is 10.9. The van der Waals surface area contributed by atoms with E-state index in [9.17, 15) is 8.42 Å². The van der Waals surface area contributed by atoms with Gasteiger partial charge in [-0.15, -0.1) is 4.40 Å². The minimum atomic E-state index is -3.57. The lowest BCUT2D eigenvalue weighted by atomic mass is 10.2. The standard InChI is InChI=1S/C10H13N3O2S/c1-7-4-5-8-9(6-7)16(14,15)12-10(11-8)13(2)3/h4-6H,1-3H3,(H,11,12). The van der Waals surface area contributed by atoms with Crippen molar-refractivity contribution in [1.29, 1.82) is 0 Å². The predicted octanol–water partition coefficient (Wildman–Crippen LogP) is 1.03. The average molecular weight is 239 g/mol. The van der Waals surface area contributed by atoms with Crippen molar-refractivity contribution >= 4 is 21.7 Å².